The molecule has 0 bridgehead atoms. The zero-order chi connectivity index (χ0) is 59.8. The van der Waals surface area contributed by atoms with Crippen LogP contribution in [0, 0.1) is 0 Å². The number of hydrogen-bond acceptors (Lipinski definition) is 5. The minimum absolute atomic E-state index is 0.0145. The Morgan fingerprint density at radius 3 is 0.933 bits per heavy atom. The van der Waals surface area contributed by atoms with Crippen LogP contribution in [0.1, 0.15) is 33.7 Å². The fraction of sp³-hybridized carbons (Fsp3) is 0.0353. The lowest BCUT2D eigenvalue weighted by atomic mass is 9.66. The van der Waals surface area contributed by atoms with Gasteiger partial charge in [0.25, 0.3) is 0 Å². The maximum Gasteiger partial charge on any atom is 0.0737 e. The number of hydrogen-bond donors (Lipinski definition) is 0. The van der Waals surface area contributed by atoms with Crippen LogP contribution < -0.4 is 24.5 Å². The van der Waals surface area contributed by atoms with Crippen molar-refractivity contribution in [1.82, 2.24) is 0 Å². The average molecular weight is 1150 g/mol. The van der Waals surface area contributed by atoms with Crippen LogP contribution in [0.2, 0.25) is 0 Å². The molecule has 0 N–H and O–H groups in total. The third-order valence-electron chi connectivity index (χ3n) is 18.1. The van der Waals surface area contributed by atoms with Crippen molar-refractivity contribution in [2.75, 3.05) is 24.5 Å². The molecule has 0 radical (unpaired) electrons. The molecule has 1 heterocycles. The number of rotatable bonds is 15. The van der Waals surface area contributed by atoms with Gasteiger partial charge in [0.15, 0.2) is 0 Å². The molecule has 13 aromatic rings. The summed E-state index contributed by atoms with van der Waals surface area (Å²) in [5.41, 5.74) is 22.1. The first kappa shape index (κ1) is 53.8. The molecule has 0 saturated heterocycles. The Bertz CT molecular complexity index is 4140. The quantitative estimate of drug-likeness (QED) is 0.101. The smallest absolute Gasteiger partial charge is 0.0737 e. The first-order valence-electron chi connectivity index (χ1n) is 31.1. The van der Waals surface area contributed by atoms with Crippen molar-refractivity contribution in [2.24, 2.45) is 0 Å². The number of allylic oxidation sites excluding steroid dienone is 2. The molecule has 13 aromatic carbocycles. The number of anilines is 14. The van der Waals surface area contributed by atoms with E-state index < -0.39 is 5.41 Å². The van der Waals surface area contributed by atoms with Crippen LogP contribution in [-0.2, 0) is 5.41 Å². The van der Waals surface area contributed by atoms with Crippen LogP contribution in [0.25, 0.3) is 11.1 Å². The molecule has 0 amide bonds. The van der Waals surface area contributed by atoms with E-state index in [-0.39, 0.29) is 12.0 Å². The molecule has 16 rings (SSSR count). The molecule has 0 aromatic heterocycles. The molecule has 1 aliphatic heterocycles. The highest BCUT2D eigenvalue weighted by Crippen LogP contribution is 2.65. The van der Waals surface area contributed by atoms with Gasteiger partial charge >= 0.3 is 0 Å². The zero-order valence-electron chi connectivity index (χ0n) is 49.6. The van der Waals surface area contributed by atoms with Gasteiger partial charge in [-0.25, -0.2) is 0 Å². The van der Waals surface area contributed by atoms with E-state index in [0.29, 0.717) is 0 Å². The maximum absolute atomic E-state index is 2.66. The minimum atomic E-state index is -1.06. The predicted octanol–water partition coefficient (Wildman–Crippen LogP) is 22.7. The molecule has 5 heteroatoms. The summed E-state index contributed by atoms with van der Waals surface area (Å²) < 4.78 is 0. The standard InChI is InChI=1S/C85H63N5/c1-10-32-64(33-11-1)86(65-34-12-2-13-35-65)73-56-62(57-74(60-73)87(66-36-14-3-15-37-66)67-38-16-4-17-39-67)85(81-52-30-28-50-77(81)79-54-55-80-78-51-29-31-53-82(78)90(84(80)83(79)85)72-48-26-9-27-49-72)63-58-75(88(68-40-18-5-19-41-68)69-42-20-6-21-43-69)61-76(59-63)89(70-44-22-7-23-45-70)71-46-24-8-25-47-71/h1-61,78,82H. The van der Waals surface area contributed by atoms with Crippen molar-refractivity contribution in [2.45, 2.75) is 17.4 Å². The van der Waals surface area contributed by atoms with Crippen molar-refractivity contribution in [1.29, 1.82) is 0 Å². The van der Waals surface area contributed by atoms with Crippen molar-refractivity contribution >= 4 is 79.6 Å². The Morgan fingerprint density at radius 2 is 0.578 bits per heavy atom. The molecule has 5 nitrogen and oxygen atoms in total. The molecule has 3 aliphatic rings. The molecule has 0 fully saturated rings. The third-order valence-corrected chi connectivity index (χ3v) is 18.1. The van der Waals surface area contributed by atoms with E-state index in [2.05, 4.69) is 395 Å². The first-order chi connectivity index (χ1) is 44.7. The third kappa shape index (κ3) is 9.34. The van der Waals surface area contributed by atoms with Crippen LogP contribution in [-0.4, -0.2) is 6.04 Å². The lowest BCUT2D eigenvalue weighted by Gasteiger charge is -2.40. The van der Waals surface area contributed by atoms with Gasteiger partial charge in [-0.1, -0.05) is 224 Å². The fourth-order valence-corrected chi connectivity index (χ4v) is 14.4. The van der Waals surface area contributed by atoms with Crippen molar-refractivity contribution in [3.63, 3.8) is 0 Å². The highest BCUT2D eigenvalue weighted by Gasteiger charge is 2.53. The Morgan fingerprint density at radius 1 is 0.267 bits per heavy atom. The van der Waals surface area contributed by atoms with Gasteiger partial charge in [-0.05, 0) is 179 Å². The summed E-state index contributed by atoms with van der Waals surface area (Å²) in [6.45, 7) is 0. The molecule has 0 spiro atoms. The van der Waals surface area contributed by atoms with E-state index in [1.165, 1.54) is 33.5 Å². The summed E-state index contributed by atoms with van der Waals surface area (Å²) in [6.07, 6.45) is 9.32. The second-order valence-corrected chi connectivity index (χ2v) is 23.2. The molecule has 0 saturated carbocycles. The van der Waals surface area contributed by atoms with Crippen molar-refractivity contribution in [3.05, 3.63) is 398 Å². The second kappa shape index (κ2) is 23.2. The Hall–Kier alpha value is -11.7. The SMILES string of the molecule is C1=CC2c3ccc4c(c3N(c3ccccc3)C2C=C1)C(c1cc(N(c2ccccc2)c2ccccc2)cc(N(c2ccccc2)c2ccccc2)c1)(c1cc(N(c2ccccc2)c2ccccc2)cc(N(c2ccccc2)c2ccccc2)c1)c1ccccc1-4. The summed E-state index contributed by atoms with van der Waals surface area (Å²) in [5.74, 6) is 0.0809. The average Bonchev–Trinajstić information content (AvgIpc) is 1.50. The van der Waals surface area contributed by atoms with Crippen molar-refractivity contribution in [3.8, 4) is 11.1 Å². The number of para-hydroxylation sites is 9. The number of fused-ring (bicyclic) bond motifs is 7. The Balaban J connectivity index is 1.12. The first-order valence-corrected chi connectivity index (χ1v) is 31.1. The van der Waals surface area contributed by atoms with Crippen LogP contribution >= 0.6 is 0 Å². The van der Waals surface area contributed by atoms with Crippen LogP contribution in [0.5, 0.6) is 0 Å². The zero-order valence-corrected chi connectivity index (χ0v) is 49.6. The molecule has 2 aliphatic carbocycles. The summed E-state index contributed by atoms with van der Waals surface area (Å²) in [6, 6.07) is 127. The molecule has 2 atom stereocenters. The highest BCUT2D eigenvalue weighted by atomic mass is 15.2. The Labute approximate surface area is 527 Å². The van der Waals surface area contributed by atoms with E-state index in [4.69, 9.17) is 0 Å². The molecular formula is C85H63N5. The van der Waals surface area contributed by atoms with Crippen LogP contribution in [0.15, 0.2) is 370 Å². The predicted molar refractivity (Wildman–Crippen MR) is 376 cm³/mol. The fourth-order valence-electron chi connectivity index (χ4n) is 14.4. The van der Waals surface area contributed by atoms with Gasteiger partial charge in [0.05, 0.1) is 17.1 Å². The molecule has 2 unspecified atom stereocenters. The highest BCUT2D eigenvalue weighted by molar-refractivity contribution is 5.98. The van der Waals surface area contributed by atoms with Crippen LogP contribution in [0.4, 0.5) is 79.6 Å². The van der Waals surface area contributed by atoms with E-state index in [9.17, 15) is 0 Å². The molecule has 90 heavy (non-hydrogen) atoms. The van der Waals surface area contributed by atoms with E-state index >= 15 is 0 Å². The normalized spacial score (nSPS) is 14.6. The monoisotopic (exact) mass is 1150 g/mol. The van der Waals surface area contributed by atoms with Crippen LogP contribution in [0.3, 0.4) is 0 Å². The summed E-state index contributed by atoms with van der Waals surface area (Å²) >= 11 is 0. The number of nitrogens with zero attached hydrogens (tertiary/aromatic N) is 5. The molecular weight excluding hydrogens is 1090 g/mol. The van der Waals surface area contributed by atoms with Gasteiger partial charge in [0.1, 0.15) is 0 Å². The van der Waals surface area contributed by atoms with Crippen molar-refractivity contribution < 1.29 is 0 Å². The van der Waals surface area contributed by atoms with E-state index in [0.717, 1.165) is 85.1 Å². The largest absolute Gasteiger partial charge is 0.333 e. The van der Waals surface area contributed by atoms with Gasteiger partial charge in [-0.15, -0.1) is 0 Å². The van der Waals surface area contributed by atoms with Gasteiger partial charge in [0, 0.05) is 85.4 Å². The lowest BCUT2D eigenvalue weighted by Crippen LogP contribution is -2.33. The van der Waals surface area contributed by atoms with E-state index in [1.54, 1.807) is 0 Å². The summed E-state index contributed by atoms with van der Waals surface area (Å²) in [4.78, 5) is 12.4. The Kier molecular flexibility index (Phi) is 13.9. The number of benzene rings is 13. The van der Waals surface area contributed by atoms with Gasteiger partial charge in [-0.3, -0.25) is 0 Å². The topological polar surface area (TPSA) is 16.2 Å². The molecule has 428 valence electrons. The minimum Gasteiger partial charge on any atom is -0.333 e. The van der Waals surface area contributed by atoms with Gasteiger partial charge in [0.2, 0.25) is 0 Å². The maximum atomic E-state index is 2.66. The van der Waals surface area contributed by atoms with Gasteiger partial charge in [-0.2, -0.15) is 0 Å². The second-order valence-electron chi connectivity index (χ2n) is 23.2. The summed E-state index contributed by atoms with van der Waals surface area (Å²) in [7, 11) is 0. The summed E-state index contributed by atoms with van der Waals surface area (Å²) in [5, 5.41) is 0. The van der Waals surface area contributed by atoms with Gasteiger partial charge < -0.3 is 24.5 Å². The van der Waals surface area contributed by atoms with E-state index in [1.807, 2.05) is 0 Å². The lowest BCUT2D eigenvalue weighted by molar-refractivity contribution is 0.737.